The van der Waals surface area contributed by atoms with Crippen molar-refractivity contribution in [3.8, 4) is 0 Å². The number of benzene rings is 4. The number of hydrogen-bond acceptors (Lipinski definition) is 4. The summed E-state index contributed by atoms with van der Waals surface area (Å²) < 4.78 is 29.5. The van der Waals surface area contributed by atoms with Gasteiger partial charge < -0.3 is 10.2 Å². The van der Waals surface area contributed by atoms with Crippen LogP contribution in [-0.4, -0.2) is 43.8 Å². The van der Waals surface area contributed by atoms with E-state index < -0.39 is 28.5 Å². The highest BCUT2D eigenvalue weighted by Gasteiger charge is 2.36. The van der Waals surface area contributed by atoms with Gasteiger partial charge >= 0.3 is 0 Å². The fraction of sp³-hybridized carbons (Fsp3) is 0.316. The summed E-state index contributed by atoms with van der Waals surface area (Å²) in [7, 11) is -4.23. The second-order valence-electron chi connectivity index (χ2n) is 12.3. The van der Waals surface area contributed by atoms with E-state index >= 15 is 0 Å². The van der Waals surface area contributed by atoms with Crippen LogP contribution in [0, 0.1) is 13.8 Å². The van der Waals surface area contributed by atoms with Crippen LogP contribution in [0.1, 0.15) is 54.4 Å². The number of amides is 2. The van der Waals surface area contributed by atoms with Gasteiger partial charge in [0.1, 0.15) is 12.6 Å². The van der Waals surface area contributed by atoms with E-state index in [0.29, 0.717) is 0 Å². The lowest BCUT2D eigenvalue weighted by Crippen LogP contribution is -2.55. The van der Waals surface area contributed by atoms with Gasteiger partial charge in [-0.2, -0.15) is 0 Å². The maximum atomic E-state index is 14.7. The smallest absolute Gasteiger partial charge is 0.264 e. The molecule has 9 heteroatoms. The summed E-state index contributed by atoms with van der Waals surface area (Å²) in [6.07, 6.45) is 5.29. The van der Waals surface area contributed by atoms with E-state index in [0.717, 1.165) is 58.7 Å². The van der Waals surface area contributed by atoms with E-state index in [-0.39, 0.29) is 40.5 Å². The number of carbonyl (C=O) groups is 2. The van der Waals surface area contributed by atoms with Gasteiger partial charge in [-0.1, -0.05) is 121 Å². The number of para-hydroxylation sites is 1. The first kappa shape index (κ1) is 34.2. The molecule has 1 N–H and O–H groups in total. The molecule has 0 bridgehead atoms. The maximum absolute atomic E-state index is 14.7. The van der Waals surface area contributed by atoms with Gasteiger partial charge in [-0.3, -0.25) is 13.9 Å². The minimum atomic E-state index is -4.23. The first-order valence-electron chi connectivity index (χ1n) is 16.1. The highest BCUT2D eigenvalue weighted by Crippen LogP contribution is 2.31. The van der Waals surface area contributed by atoms with Crippen LogP contribution in [0.3, 0.4) is 0 Å². The number of hydrogen-bond donors (Lipinski definition) is 1. The highest BCUT2D eigenvalue weighted by atomic mass is 35.5. The van der Waals surface area contributed by atoms with E-state index in [1.165, 1.54) is 17.0 Å². The van der Waals surface area contributed by atoms with E-state index in [4.69, 9.17) is 11.6 Å². The Morgan fingerprint density at radius 1 is 0.787 bits per heavy atom. The van der Waals surface area contributed by atoms with Crippen LogP contribution in [0.4, 0.5) is 5.69 Å². The van der Waals surface area contributed by atoms with Crippen LogP contribution in [0.2, 0.25) is 5.02 Å². The fourth-order valence-electron chi connectivity index (χ4n) is 5.99. The Bertz CT molecular complexity index is 1760. The van der Waals surface area contributed by atoms with Crippen molar-refractivity contribution in [2.24, 2.45) is 0 Å². The normalized spacial score (nSPS) is 14.3. The third kappa shape index (κ3) is 8.82. The number of halogens is 1. The number of anilines is 1. The van der Waals surface area contributed by atoms with Gasteiger partial charge in [0, 0.05) is 19.0 Å². The van der Waals surface area contributed by atoms with Crippen molar-refractivity contribution in [2.45, 2.75) is 75.9 Å². The van der Waals surface area contributed by atoms with Crippen LogP contribution in [0.25, 0.3) is 0 Å². The fourth-order valence-corrected chi connectivity index (χ4v) is 7.71. The van der Waals surface area contributed by atoms with Gasteiger partial charge in [0.2, 0.25) is 11.8 Å². The molecule has 1 aliphatic carbocycles. The van der Waals surface area contributed by atoms with Gasteiger partial charge in [-0.25, -0.2) is 8.42 Å². The van der Waals surface area contributed by atoms with E-state index in [9.17, 15) is 18.0 Å². The van der Waals surface area contributed by atoms with Crippen molar-refractivity contribution < 1.29 is 18.0 Å². The predicted molar refractivity (Wildman–Crippen MR) is 188 cm³/mol. The molecular weight excluding hydrogens is 630 g/mol. The summed E-state index contributed by atoms with van der Waals surface area (Å²) in [6.45, 7) is 3.43. The quantitative estimate of drug-likeness (QED) is 0.172. The molecule has 246 valence electrons. The first-order chi connectivity index (χ1) is 22.6. The Labute approximate surface area is 283 Å². The molecule has 0 heterocycles. The zero-order valence-corrected chi connectivity index (χ0v) is 28.5. The minimum absolute atomic E-state index is 0.0346. The van der Waals surface area contributed by atoms with Crippen molar-refractivity contribution in [3.05, 3.63) is 130 Å². The molecule has 4 aromatic rings. The molecule has 47 heavy (non-hydrogen) atoms. The number of nitrogens with one attached hydrogen (secondary N) is 1. The number of nitrogens with zero attached hydrogens (tertiary/aromatic N) is 2. The molecule has 1 unspecified atom stereocenters. The van der Waals surface area contributed by atoms with Crippen LogP contribution < -0.4 is 9.62 Å². The Morgan fingerprint density at radius 2 is 1.38 bits per heavy atom. The second-order valence-corrected chi connectivity index (χ2v) is 14.6. The number of sulfonamides is 1. The Kier molecular flexibility index (Phi) is 11.4. The van der Waals surface area contributed by atoms with Crippen molar-refractivity contribution in [3.63, 3.8) is 0 Å². The molecule has 0 spiro atoms. The lowest BCUT2D eigenvalue weighted by Gasteiger charge is -2.35. The Hall–Kier alpha value is -4.14. The Balaban J connectivity index is 1.56. The number of rotatable bonds is 12. The summed E-state index contributed by atoms with van der Waals surface area (Å²) in [6, 6.07) is 29.6. The molecule has 1 aliphatic rings. The lowest BCUT2D eigenvalue weighted by molar-refractivity contribution is -0.140. The average Bonchev–Trinajstić information content (AvgIpc) is 3.07. The second kappa shape index (κ2) is 15.6. The van der Waals surface area contributed by atoms with Gasteiger partial charge in [0.15, 0.2) is 0 Å². The van der Waals surface area contributed by atoms with Gasteiger partial charge in [-0.05, 0) is 62.1 Å². The first-order valence-corrected chi connectivity index (χ1v) is 18.0. The maximum Gasteiger partial charge on any atom is 0.264 e. The van der Waals surface area contributed by atoms with Crippen molar-refractivity contribution in [1.29, 1.82) is 0 Å². The highest BCUT2D eigenvalue weighted by molar-refractivity contribution is 7.92. The SMILES string of the molecule is Cc1ccc(CN(C(=O)CN(c2ccccc2Cl)S(=O)(=O)c2ccc(C)cc2)C(Cc2ccccc2)C(=O)NC2CCCCC2)cc1. The minimum Gasteiger partial charge on any atom is -0.352 e. The molecule has 1 fully saturated rings. The molecule has 4 aromatic carbocycles. The van der Waals surface area contributed by atoms with E-state index in [1.807, 2.05) is 68.4 Å². The lowest BCUT2D eigenvalue weighted by atomic mass is 9.94. The van der Waals surface area contributed by atoms with Crippen LogP contribution in [0.15, 0.2) is 108 Å². The summed E-state index contributed by atoms with van der Waals surface area (Å²) in [5, 5.41) is 3.43. The van der Waals surface area contributed by atoms with Gasteiger partial charge in [0.25, 0.3) is 10.0 Å². The molecule has 0 saturated heterocycles. The average molecular weight is 672 g/mol. The van der Waals surface area contributed by atoms with Gasteiger partial charge in [0.05, 0.1) is 15.6 Å². The molecule has 0 radical (unpaired) electrons. The summed E-state index contributed by atoms with van der Waals surface area (Å²) in [5.74, 6) is -0.757. The topological polar surface area (TPSA) is 86.8 Å². The third-order valence-corrected chi connectivity index (χ3v) is 10.8. The Morgan fingerprint density at radius 3 is 2.02 bits per heavy atom. The predicted octanol–water partition coefficient (Wildman–Crippen LogP) is 7.24. The van der Waals surface area contributed by atoms with Crippen molar-refractivity contribution in [1.82, 2.24) is 10.2 Å². The van der Waals surface area contributed by atoms with E-state index in [2.05, 4.69) is 5.32 Å². The summed E-state index contributed by atoms with van der Waals surface area (Å²) in [4.78, 5) is 30.4. The third-order valence-electron chi connectivity index (χ3n) is 8.71. The standard InChI is InChI=1S/C38H42ClN3O4S/c1-28-17-21-31(22-18-28)26-41(36(25-30-11-5-3-6-12-30)38(44)40-32-13-7-4-8-14-32)37(43)27-42(35-16-10-9-15-34(35)39)47(45,46)33-23-19-29(2)20-24-33/h3,5-6,9-12,15-24,32,36H,4,7-8,13-14,25-27H2,1-2H3,(H,40,44). The zero-order valence-electron chi connectivity index (χ0n) is 26.9. The summed E-state index contributed by atoms with van der Waals surface area (Å²) >= 11 is 6.58. The van der Waals surface area contributed by atoms with Crippen LogP contribution >= 0.6 is 11.6 Å². The van der Waals surface area contributed by atoms with Crippen molar-refractivity contribution in [2.75, 3.05) is 10.8 Å². The summed E-state index contributed by atoms with van der Waals surface area (Å²) in [5.41, 5.74) is 3.88. The molecule has 0 aromatic heterocycles. The van der Waals surface area contributed by atoms with Crippen LogP contribution in [0.5, 0.6) is 0 Å². The zero-order chi connectivity index (χ0) is 33.4. The number of aryl methyl sites for hydroxylation is 2. The molecule has 1 atom stereocenters. The van der Waals surface area contributed by atoms with E-state index in [1.54, 1.807) is 36.4 Å². The van der Waals surface area contributed by atoms with Gasteiger partial charge in [-0.15, -0.1) is 0 Å². The molecule has 7 nitrogen and oxygen atoms in total. The number of carbonyl (C=O) groups excluding carboxylic acids is 2. The van der Waals surface area contributed by atoms with Crippen molar-refractivity contribution >= 4 is 39.1 Å². The molecular formula is C38H42ClN3O4S. The molecule has 0 aliphatic heterocycles. The molecule has 5 rings (SSSR count). The van der Waals surface area contributed by atoms with Crippen LogP contribution in [-0.2, 0) is 32.6 Å². The molecule has 2 amide bonds. The molecule has 1 saturated carbocycles. The largest absolute Gasteiger partial charge is 0.352 e. The monoisotopic (exact) mass is 671 g/mol.